The van der Waals surface area contributed by atoms with Crippen molar-refractivity contribution in [2.75, 3.05) is 17.2 Å². The van der Waals surface area contributed by atoms with E-state index in [4.69, 9.17) is 16.3 Å². The predicted octanol–water partition coefficient (Wildman–Crippen LogP) is 5.87. The van der Waals surface area contributed by atoms with E-state index >= 15 is 0 Å². The molecule has 0 unspecified atom stereocenters. The van der Waals surface area contributed by atoms with Gasteiger partial charge in [-0.3, -0.25) is 5.10 Å². The summed E-state index contributed by atoms with van der Waals surface area (Å²) < 4.78 is 44.0. The number of urea groups is 1. The summed E-state index contributed by atoms with van der Waals surface area (Å²) in [4.78, 5) is 32.9. The number of hydrogen-bond acceptors (Lipinski definition) is 6. The highest BCUT2D eigenvalue weighted by Crippen LogP contribution is 2.36. The summed E-state index contributed by atoms with van der Waals surface area (Å²) in [6, 6.07) is 12.6. The van der Waals surface area contributed by atoms with Crippen LogP contribution in [0.15, 0.2) is 60.8 Å². The minimum absolute atomic E-state index is 0.0508. The number of aromatic amines is 1. The van der Waals surface area contributed by atoms with Gasteiger partial charge >= 0.3 is 18.2 Å². The van der Waals surface area contributed by atoms with E-state index in [0.29, 0.717) is 30.0 Å². The highest BCUT2D eigenvalue weighted by Gasteiger charge is 2.33. The monoisotopic (exact) mass is 558 g/mol. The van der Waals surface area contributed by atoms with E-state index in [1.807, 2.05) is 0 Å². The van der Waals surface area contributed by atoms with E-state index in [0.717, 1.165) is 23.4 Å². The molecular weight excluding hydrogens is 537 g/mol. The Kier molecular flexibility index (Phi) is 8.45. The molecular formula is C26H22ClF3N6O3. The number of amides is 2. The number of nitrogens with zero attached hydrogens (tertiary/aromatic N) is 3. The summed E-state index contributed by atoms with van der Waals surface area (Å²) in [5, 5.41) is 11.2. The fraction of sp³-hybridized carbons (Fsp3) is 0.192. The normalized spacial score (nSPS) is 11.2. The zero-order chi connectivity index (χ0) is 28.0. The SMILES string of the molecule is CCOC(=O)c1cc(Cc2ccnc(Cc3ccc(NC(=O)Nc4ccc(Cl)c(C(F)(F)F)c4)cc3)n2)[nH]n1. The molecule has 2 aromatic carbocycles. The molecule has 0 saturated carbocycles. The van der Waals surface area contributed by atoms with Crippen LogP contribution in [-0.2, 0) is 23.8 Å². The van der Waals surface area contributed by atoms with E-state index in [2.05, 4.69) is 30.8 Å². The van der Waals surface area contributed by atoms with Gasteiger partial charge in [0, 0.05) is 36.1 Å². The predicted molar refractivity (Wildman–Crippen MR) is 138 cm³/mol. The van der Waals surface area contributed by atoms with Crippen LogP contribution in [0.5, 0.6) is 0 Å². The Morgan fingerprint density at radius 2 is 1.72 bits per heavy atom. The largest absolute Gasteiger partial charge is 0.461 e. The van der Waals surface area contributed by atoms with Crippen LogP contribution < -0.4 is 10.6 Å². The van der Waals surface area contributed by atoms with Crippen LogP contribution in [0.25, 0.3) is 0 Å². The van der Waals surface area contributed by atoms with Gasteiger partial charge in [-0.1, -0.05) is 23.7 Å². The number of esters is 1. The molecule has 2 heterocycles. The zero-order valence-corrected chi connectivity index (χ0v) is 21.2. The van der Waals surface area contributed by atoms with Crippen molar-refractivity contribution >= 4 is 35.0 Å². The van der Waals surface area contributed by atoms with E-state index in [1.165, 1.54) is 6.07 Å². The molecule has 202 valence electrons. The first-order valence-corrected chi connectivity index (χ1v) is 12.0. The second-order valence-corrected chi connectivity index (χ2v) is 8.69. The fourth-order valence-corrected chi connectivity index (χ4v) is 3.81. The molecule has 3 N–H and O–H groups in total. The first-order chi connectivity index (χ1) is 18.6. The van der Waals surface area contributed by atoms with Gasteiger partial charge in [-0.05, 0) is 55.0 Å². The Labute approximate surface area is 225 Å². The molecule has 0 aliphatic heterocycles. The average Bonchev–Trinajstić information content (AvgIpc) is 3.35. The van der Waals surface area contributed by atoms with Gasteiger partial charge in [-0.15, -0.1) is 0 Å². The number of nitrogens with one attached hydrogen (secondary N) is 3. The molecule has 0 aliphatic carbocycles. The molecule has 39 heavy (non-hydrogen) atoms. The van der Waals surface area contributed by atoms with Crippen LogP contribution in [0.1, 0.15) is 45.8 Å². The van der Waals surface area contributed by atoms with Crippen molar-refractivity contribution < 1.29 is 27.5 Å². The summed E-state index contributed by atoms with van der Waals surface area (Å²) in [6.45, 7) is 1.98. The number of ether oxygens (including phenoxy) is 1. The molecule has 2 amide bonds. The lowest BCUT2D eigenvalue weighted by Gasteiger charge is -2.12. The quantitative estimate of drug-likeness (QED) is 0.232. The third kappa shape index (κ3) is 7.54. The number of halogens is 4. The molecule has 9 nitrogen and oxygen atoms in total. The summed E-state index contributed by atoms with van der Waals surface area (Å²) in [5.74, 6) is 0.0682. The van der Waals surface area contributed by atoms with Crippen molar-refractivity contribution in [1.29, 1.82) is 0 Å². The Hall–Kier alpha value is -4.45. The van der Waals surface area contributed by atoms with Gasteiger partial charge in [0.25, 0.3) is 0 Å². The molecule has 13 heteroatoms. The minimum Gasteiger partial charge on any atom is -0.461 e. The molecule has 4 rings (SSSR count). The van der Waals surface area contributed by atoms with Gasteiger partial charge < -0.3 is 15.4 Å². The van der Waals surface area contributed by atoms with Gasteiger partial charge in [0.1, 0.15) is 5.82 Å². The van der Waals surface area contributed by atoms with Crippen molar-refractivity contribution in [1.82, 2.24) is 20.2 Å². The maximum absolute atomic E-state index is 13.0. The van der Waals surface area contributed by atoms with Crippen LogP contribution in [-0.4, -0.2) is 38.8 Å². The Morgan fingerprint density at radius 3 is 2.44 bits per heavy atom. The number of anilines is 2. The van der Waals surface area contributed by atoms with Crippen molar-refractivity contribution in [3.8, 4) is 0 Å². The van der Waals surface area contributed by atoms with Crippen LogP contribution >= 0.6 is 11.6 Å². The molecule has 0 fully saturated rings. The number of benzene rings is 2. The summed E-state index contributed by atoms with van der Waals surface area (Å²) >= 11 is 5.61. The van der Waals surface area contributed by atoms with Crippen molar-refractivity contribution in [2.45, 2.75) is 25.9 Å². The fourth-order valence-electron chi connectivity index (χ4n) is 3.58. The van der Waals surface area contributed by atoms with E-state index in [-0.39, 0.29) is 18.0 Å². The lowest BCUT2D eigenvalue weighted by Crippen LogP contribution is -2.20. The maximum Gasteiger partial charge on any atom is 0.417 e. The van der Waals surface area contributed by atoms with E-state index in [9.17, 15) is 22.8 Å². The lowest BCUT2D eigenvalue weighted by atomic mass is 10.1. The van der Waals surface area contributed by atoms with Crippen molar-refractivity contribution in [3.05, 3.63) is 99.8 Å². The Morgan fingerprint density at radius 1 is 1.00 bits per heavy atom. The van der Waals surface area contributed by atoms with Crippen LogP contribution in [0.4, 0.5) is 29.3 Å². The number of aromatic nitrogens is 4. The van der Waals surface area contributed by atoms with Crippen molar-refractivity contribution in [2.24, 2.45) is 0 Å². The highest BCUT2D eigenvalue weighted by atomic mass is 35.5. The topological polar surface area (TPSA) is 122 Å². The van der Waals surface area contributed by atoms with Crippen LogP contribution in [0.2, 0.25) is 5.02 Å². The smallest absolute Gasteiger partial charge is 0.417 e. The highest BCUT2D eigenvalue weighted by molar-refractivity contribution is 6.31. The number of hydrogen-bond donors (Lipinski definition) is 3. The first kappa shape index (κ1) is 27.6. The second-order valence-electron chi connectivity index (χ2n) is 8.29. The average molecular weight is 559 g/mol. The third-order valence-electron chi connectivity index (χ3n) is 5.35. The number of carbonyl (C=O) groups is 2. The van der Waals surface area contributed by atoms with Gasteiger partial charge in [0.15, 0.2) is 5.69 Å². The second kappa shape index (κ2) is 11.9. The summed E-state index contributed by atoms with van der Waals surface area (Å²) in [7, 11) is 0. The molecule has 0 aliphatic rings. The molecule has 0 radical (unpaired) electrons. The van der Waals surface area contributed by atoms with E-state index < -0.39 is 28.8 Å². The number of rotatable bonds is 8. The van der Waals surface area contributed by atoms with Crippen LogP contribution in [0.3, 0.4) is 0 Å². The van der Waals surface area contributed by atoms with E-state index in [1.54, 1.807) is 49.5 Å². The number of alkyl halides is 3. The number of carbonyl (C=O) groups excluding carboxylic acids is 2. The Bertz CT molecular complexity index is 1470. The number of H-pyrrole nitrogens is 1. The maximum atomic E-state index is 13.0. The molecule has 0 bridgehead atoms. The van der Waals surface area contributed by atoms with Gasteiger partial charge in [-0.2, -0.15) is 18.3 Å². The first-order valence-electron chi connectivity index (χ1n) is 11.7. The van der Waals surface area contributed by atoms with Gasteiger partial charge in [0.2, 0.25) is 0 Å². The summed E-state index contributed by atoms with van der Waals surface area (Å²) in [5.41, 5.74) is 1.84. The van der Waals surface area contributed by atoms with Crippen LogP contribution in [0, 0.1) is 0 Å². The van der Waals surface area contributed by atoms with Gasteiger partial charge in [0.05, 0.1) is 22.9 Å². The standard InChI is InChI=1S/C26H22ClF3N6O3/c1-2-39-24(37)22-14-19(35-36-22)12-18-9-10-31-23(32-18)11-15-3-5-16(6-4-15)33-25(38)34-17-7-8-21(27)20(13-17)26(28,29)30/h3-10,13-14H,2,11-12H2,1H3,(H,35,36)(H2,33,34,38). The summed E-state index contributed by atoms with van der Waals surface area (Å²) in [6.07, 6.45) is -2.17. The Balaban J connectivity index is 1.34. The molecule has 0 saturated heterocycles. The minimum atomic E-state index is -4.64. The third-order valence-corrected chi connectivity index (χ3v) is 5.68. The molecule has 0 spiro atoms. The van der Waals surface area contributed by atoms with Crippen molar-refractivity contribution in [3.63, 3.8) is 0 Å². The lowest BCUT2D eigenvalue weighted by molar-refractivity contribution is -0.137. The molecule has 4 aromatic rings. The zero-order valence-electron chi connectivity index (χ0n) is 20.5. The molecule has 0 atom stereocenters. The van der Waals surface area contributed by atoms with Gasteiger partial charge in [-0.25, -0.2) is 19.6 Å². The molecule has 2 aromatic heterocycles.